The van der Waals surface area contributed by atoms with Crippen molar-refractivity contribution >= 4 is 5.69 Å². The molecule has 0 spiro atoms. The van der Waals surface area contributed by atoms with E-state index in [1.807, 2.05) is 12.1 Å². The summed E-state index contributed by atoms with van der Waals surface area (Å²) in [6, 6.07) is 7.31. The predicted octanol–water partition coefficient (Wildman–Crippen LogP) is 3.01. The van der Waals surface area contributed by atoms with Crippen LogP contribution >= 0.6 is 0 Å². The van der Waals surface area contributed by atoms with Crippen molar-refractivity contribution in [2.75, 3.05) is 11.9 Å². The summed E-state index contributed by atoms with van der Waals surface area (Å²) in [5.74, 6) is -1.14. The van der Waals surface area contributed by atoms with Gasteiger partial charge in [0.25, 0.3) is 0 Å². The Morgan fingerprint density at radius 1 is 1.06 bits per heavy atom. The van der Waals surface area contributed by atoms with Gasteiger partial charge in [-0.3, -0.25) is 4.98 Å². The van der Waals surface area contributed by atoms with Gasteiger partial charge < -0.3 is 5.32 Å². The number of nitrogens with zero attached hydrogens (tertiary/aromatic N) is 1. The third-order valence-electron chi connectivity index (χ3n) is 2.41. The smallest absolute Gasteiger partial charge is 0.149 e. The van der Waals surface area contributed by atoms with Crippen LogP contribution in [0.3, 0.4) is 0 Å². The Morgan fingerprint density at radius 3 is 2.53 bits per heavy atom. The van der Waals surface area contributed by atoms with Gasteiger partial charge in [-0.15, -0.1) is 0 Å². The van der Waals surface area contributed by atoms with E-state index in [4.69, 9.17) is 0 Å². The highest BCUT2D eigenvalue weighted by Gasteiger charge is 2.02. The van der Waals surface area contributed by atoms with Crippen LogP contribution in [0.2, 0.25) is 0 Å². The number of hydrogen-bond acceptors (Lipinski definition) is 2. The van der Waals surface area contributed by atoms with Gasteiger partial charge in [-0.2, -0.15) is 0 Å². The zero-order valence-electron chi connectivity index (χ0n) is 9.16. The first-order valence-corrected chi connectivity index (χ1v) is 5.33. The highest BCUT2D eigenvalue weighted by atomic mass is 19.1. The molecular formula is C13H12F2N2. The van der Waals surface area contributed by atoms with E-state index in [1.54, 1.807) is 12.4 Å². The largest absolute Gasteiger partial charge is 0.382 e. The molecule has 1 heterocycles. The monoisotopic (exact) mass is 234 g/mol. The predicted molar refractivity (Wildman–Crippen MR) is 62.8 cm³/mol. The number of hydrogen-bond donors (Lipinski definition) is 1. The third-order valence-corrected chi connectivity index (χ3v) is 2.41. The van der Waals surface area contributed by atoms with Crippen LogP contribution in [0, 0.1) is 11.6 Å². The average Bonchev–Trinajstić information content (AvgIpc) is 2.33. The van der Waals surface area contributed by atoms with Crippen LogP contribution in [0.4, 0.5) is 14.5 Å². The van der Waals surface area contributed by atoms with Gasteiger partial charge in [0, 0.05) is 25.0 Å². The first-order valence-electron chi connectivity index (χ1n) is 5.33. The van der Waals surface area contributed by atoms with Gasteiger partial charge in [0.05, 0.1) is 5.69 Å². The molecule has 0 bridgehead atoms. The summed E-state index contributed by atoms with van der Waals surface area (Å²) >= 11 is 0. The van der Waals surface area contributed by atoms with Crippen molar-refractivity contribution in [2.24, 2.45) is 0 Å². The summed E-state index contributed by atoms with van der Waals surface area (Å²) < 4.78 is 25.9. The second-order valence-corrected chi connectivity index (χ2v) is 3.66. The highest BCUT2D eigenvalue weighted by molar-refractivity contribution is 5.44. The van der Waals surface area contributed by atoms with Crippen molar-refractivity contribution in [2.45, 2.75) is 6.42 Å². The van der Waals surface area contributed by atoms with Crippen molar-refractivity contribution < 1.29 is 8.78 Å². The van der Waals surface area contributed by atoms with Crippen molar-refractivity contribution in [3.63, 3.8) is 0 Å². The average molecular weight is 234 g/mol. The molecule has 0 fully saturated rings. The Hall–Kier alpha value is -1.97. The van der Waals surface area contributed by atoms with E-state index >= 15 is 0 Å². The SMILES string of the molecule is Fc1ccc(NCCc2ccncc2)c(F)c1. The maximum absolute atomic E-state index is 13.3. The van der Waals surface area contributed by atoms with E-state index < -0.39 is 11.6 Å². The second kappa shape index (κ2) is 5.39. The van der Waals surface area contributed by atoms with Crippen LogP contribution in [0.1, 0.15) is 5.56 Å². The minimum Gasteiger partial charge on any atom is -0.382 e. The van der Waals surface area contributed by atoms with E-state index in [2.05, 4.69) is 10.3 Å². The molecule has 0 unspecified atom stereocenters. The summed E-state index contributed by atoms with van der Waals surface area (Å²) in [6.07, 6.45) is 4.20. The fourth-order valence-electron chi connectivity index (χ4n) is 1.52. The quantitative estimate of drug-likeness (QED) is 0.879. The minimum atomic E-state index is -0.570. The molecule has 17 heavy (non-hydrogen) atoms. The molecule has 0 radical (unpaired) electrons. The fraction of sp³-hybridized carbons (Fsp3) is 0.154. The van der Waals surface area contributed by atoms with Crippen molar-refractivity contribution in [3.05, 3.63) is 59.9 Å². The van der Waals surface area contributed by atoms with Gasteiger partial charge in [0.2, 0.25) is 0 Å². The first-order chi connectivity index (χ1) is 8.25. The lowest BCUT2D eigenvalue weighted by Gasteiger charge is -2.07. The van der Waals surface area contributed by atoms with Crippen molar-refractivity contribution in [1.82, 2.24) is 4.98 Å². The molecule has 4 heteroatoms. The van der Waals surface area contributed by atoms with Crippen LogP contribution < -0.4 is 5.32 Å². The molecule has 88 valence electrons. The number of pyridine rings is 1. The maximum Gasteiger partial charge on any atom is 0.149 e. The van der Waals surface area contributed by atoms with Gasteiger partial charge in [0.15, 0.2) is 0 Å². The second-order valence-electron chi connectivity index (χ2n) is 3.66. The van der Waals surface area contributed by atoms with Crippen molar-refractivity contribution in [3.8, 4) is 0 Å². The lowest BCUT2D eigenvalue weighted by atomic mass is 10.2. The molecule has 0 atom stereocenters. The molecule has 0 aliphatic heterocycles. The van der Waals surface area contributed by atoms with E-state index in [-0.39, 0.29) is 0 Å². The van der Waals surface area contributed by atoms with Crippen LogP contribution in [-0.4, -0.2) is 11.5 Å². The van der Waals surface area contributed by atoms with Crippen LogP contribution in [0.25, 0.3) is 0 Å². The van der Waals surface area contributed by atoms with Gasteiger partial charge in [-0.05, 0) is 36.2 Å². The summed E-state index contributed by atoms with van der Waals surface area (Å²) in [4.78, 5) is 3.91. The van der Waals surface area contributed by atoms with Crippen molar-refractivity contribution in [1.29, 1.82) is 0 Å². The van der Waals surface area contributed by atoms with Crippen LogP contribution in [-0.2, 0) is 6.42 Å². The van der Waals surface area contributed by atoms with Crippen LogP contribution in [0.5, 0.6) is 0 Å². The Labute approximate surface area is 98.3 Å². The lowest BCUT2D eigenvalue weighted by Crippen LogP contribution is -2.06. The lowest BCUT2D eigenvalue weighted by molar-refractivity contribution is 0.585. The molecule has 0 amide bonds. The van der Waals surface area contributed by atoms with Gasteiger partial charge in [0.1, 0.15) is 11.6 Å². The Bertz CT molecular complexity index is 486. The first kappa shape index (κ1) is 11.5. The molecule has 1 N–H and O–H groups in total. The number of aromatic nitrogens is 1. The van der Waals surface area contributed by atoms with Gasteiger partial charge >= 0.3 is 0 Å². The Morgan fingerprint density at radius 2 is 1.82 bits per heavy atom. The number of nitrogens with one attached hydrogen (secondary N) is 1. The molecule has 1 aromatic carbocycles. The van der Waals surface area contributed by atoms with Gasteiger partial charge in [-0.25, -0.2) is 8.78 Å². The Kier molecular flexibility index (Phi) is 3.65. The van der Waals surface area contributed by atoms with E-state index in [1.165, 1.54) is 12.1 Å². The zero-order valence-corrected chi connectivity index (χ0v) is 9.16. The maximum atomic E-state index is 13.3. The van der Waals surface area contributed by atoms with Gasteiger partial charge in [-0.1, -0.05) is 0 Å². The molecule has 0 saturated heterocycles. The summed E-state index contributed by atoms with van der Waals surface area (Å²) in [6.45, 7) is 0.590. The topological polar surface area (TPSA) is 24.9 Å². The highest BCUT2D eigenvalue weighted by Crippen LogP contribution is 2.14. The molecule has 2 aromatic rings. The number of rotatable bonds is 4. The molecule has 2 rings (SSSR count). The van der Waals surface area contributed by atoms with E-state index in [9.17, 15) is 8.78 Å². The fourth-order valence-corrected chi connectivity index (χ4v) is 1.52. The van der Waals surface area contributed by atoms with E-state index in [0.717, 1.165) is 18.1 Å². The summed E-state index contributed by atoms with van der Waals surface area (Å²) in [7, 11) is 0. The standard InChI is InChI=1S/C13H12F2N2/c14-11-1-2-13(12(15)9-11)17-8-5-10-3-6-16-7-4-10/h1-4,6-7,9,17H,5,8H2. The Balaban J connectivity index is 1.90. The number of halogens is 2. The number of anilines is 1. The molecule has 0 saturated carbocycles. The molecular weight excluding hydrogens is 222 g/mol. The third kappa shape index (κ3) is 3.24. The van der Waals surface area contributed by atoms with Crippen LogP contribution in [0.15, 0.2) is 42.7 Å². The molecule has 2 nitrogen and oxygen atoms in total. The zero-order chi connectivity index (χ0) is 12.1. The molecule has 0 aliphatic rings. The molecule has 0 aliphatic carbocycles. The summed E-state index contributed by atoms with van der Waals surface area (Å²) in [5.41, 5.74) is 1.44. The summed E-state index contributed by atoms with van der Waals surface area (Å²) in [5, 5.41) is 2.93. The minimum absolute atomic E-state index is 0.320. The number of benzene rings is 1. The molecule has 1 aromatic heterocycles. The van der Waals surface area contributed by atoms with E-state index in [0.29, 0.717) is 12.2 Å². The normalized spacial score (nSPS) is 10.2.